The normalized spacial score (nSPS) is 12.0. The first kappa shape index (κ1) is 18.7. The quantitative estimate of drug-likeness (QED) is 0.253. The molecule has 6 rings (SSSR count). The van der Waals surface area contributed by atoms with Gasteiger partial charge in [-0.2, -0.15) is 4.57 Å². The summed E-state index contributed by atoms with van der Waals surface area (Å²) in [5.74, 6) is 0.901. The van der Waals surface area contributed by atoms with Crippen molar-refractivity contribution in [3.63, 3.8) is 0 Å². The molecule has 6 heteroatoms. The molecule has 0 amide bonds. The van der Waals surface area contributed by atoms with Crippen molar-refractivity contribution in [1.29, 1.82) is 0 Å². The highest BCUT2D eigenvalue weighted by Crippen LogP contribution is 2.47. The Kier molecular flexibility index (Phi) is 3.92. The van der Waals surface area contributed by atoms with Crippen LogP contribution in [-0.4, -0.2) is 12.1 Å². The first-order chi connectivity index (χ1) is 15.5. The Labute approximate surface area is 182 Å². The fourth-order valence-corrected chi connectivity index (χ4v) is 4.53. The standard InChI is InChI=1S/C26H17F2N2O2/c1-30-20-12-14(19-6-4-8-23(29-19)31-2)11-18(28)24(20)16-5-3-7-22-25(16)26(30)17-13-15(27)9-10-21(17)32-22/h3-13H,1-2H3/q+1. The maximum atomic E-state index is 15.6. The van der Waals surface area contributed by atoms with Crippen LogP contribution < -0.4 is 14.0 Å². The van der Waals surface area contributed by atoms with Gasteiger partial charge in [-0.1, -0.05) is 18.2 Å². The van der Waals surface area contributed by atoms with Gasteiger partial charge in [-0.15, -0.1) is 0 Å². The van der Waals surface area contributed by atoms with Crippen molar-refractivity contribution < 1.29 is 22.8 Å². The Morgan fingerprint density at radius 2 is 1.75 bits per heavy atom. The molecule has 3 heterocycles. The summed E-state index contributed by atoms with van der Waals surface area (Å²) in [6.07, 6.45) is 0. The summed E-state index contributed by atoms with van der Waals surface area (Å²) in [7, 11) is 3.40. The smallest absolute Gasteiger partial charge is 0.228 e. The number of hydrogen-bond acceptors (Lipinski definition) is 3. The SMILES string of the molecule is COc1cccc(-c2cc(F)c3c4cccc5c4c([n+](C)c3c2)-c2cc(F)ccc2O5)n1. The molecule has 0 aliphatic carbocycles. The van der Waals surface area contributed by atoms with E-state index in [1.165, 1.54) is 18.2 Å². The molecule has 0 bridgehead atoms. The number of aromatic nitrogens is 2. The monoisotopic (exact) mass is 427 g/mol. The second kappa shape index (κ2) is 6.72. The average molecular weight is 427 g/mol. The van der Waals surface area contributed by atoms with E-state index in [1.807, 2.05) is 48.0 Å². The number of aryl methyl sites for hydroxylation is 1. The average Bonchev–Trinajstić information content (AvgIpc) is 2.81. The summed E-state index contributed by atoms with van der Waals surface area (Å²) in [5.41, 5.74) is 3.30. The van der Waals surface area contributed by atoms with E-state index in [9.17, 15) is 4.39 Å². The second-order valence-corrected chi connectivity index (χ2v) is 7.75. The molecular weight excluding hydrogens is 410 g/mol. The Morgan fingerprint density at radius 1 is 0.906 bits per heavy atom. The van der Waals surface area contributed by atoms with Gasteiger partial charge in [-0.3, -0.25) is 0 Å². The highest BCUT2D eigenvalue weighted by atomic mass is 19.1. The van der Waals surface area contributed by atoms with Crippen molar-refractivity contribution in [3.05, 3.63) is 78.4 Å². The van der Waals surface area contributed by atoms with E-state index in [2.05, 4.69) is 4.98 Å². The minimum atomic E-state index is -0.369. The molecule has 4 nitrogen and oxygen atoms in total. The molecule has 0 spiro atoms. The highest BCUT2D eigenvalue weighted by molar-refractivity contribution is 6.13. The molecule has 0 atom stereocenters. The maximum Gasteiger partial charge on any atom is 0.228 e. The molecule has 0 saturated carbocycles. The highest BCUT2D eigenvalue weighted by Gasteiger charge is 2.31. The predicted octanol–water partition coefficient (Wildman–Crippen LogP) is 5.94. The van der Waals surface area contributed by atoms with Crippen LogP contribution in [0.3, 0.4) is 0 Å². The molecule has 1 aliphatic rings. The maximum absolute atomic E-state index is 15.6. The van der Waals surface area contributed by atoms with Crippen LogP contribution in [0.4, 0.5) is 8.78 Å². The van der Waals surface area contributed by atoms with E-state index in [1.54, 1.807) is 19.2 Å². The molecule has 0 saturated heterocycles. The van der Waals surface area contributed by atoms with Crippen LogP contribution in [0.1, 0.15) is 0 Å². The Morgan fingerprint density at radius 3 is 2.59 bits per heavy atom. The van der Waals surface area contributed by atoms with E-state index in [-0.39, 0.29) is 11.6 Å². The molecule has 32 heavy (non-hydrogen) atoms. The van der Waals surface area contributed by atoms with Gasteiger partial charge in [0.25, 0.3) is 0 Å². The topological polar surface area (TPSA) is 35.2 Å². The first-order valence-corrected chi connectivity index (χ1v) is 10.1. The van der Waals surface area contributed by atoms with Crippen molar-refractivity contribution in [1.82, 2.24) is 4.98 Å². The van der Waals surface area contributed by atoms with Crippen LogP contribution in [0.2, 0.25) is 0 Å². The molecule has 0 unspecified atom stereocenters. The van der Waals surface area contributed by atoms with Crippen molar-refractivity contribution >= 4 is 21.7 Å². The van der Waals surface area contributed by atoms with E-state index in [0.717, 1.165) is 11.1 Å². The van der Waals surface area contributed by atoms with Gasteiger partial charge in [0.05, 0.1) is 29.1 Å². The zero-order chi connectivity index (χ0) is 22.0. The number of rotatable bonds is 2. The van der Waals surface area contributed by atoms with E-state index in [0.29, 0.717) is 50.5 Å². The Balaban J connectivity index is 1.75. The number of ether oxygens (including phenoxy) is 2. The number of nitrogens with zero attached hydrogens (tertiary/aromatic N) is 2. The predicted molar refractivity (Wildman–Crippen MR) is 118 cm³/mol. The number of hydrogen-bond donors (Lipinski definition) is 0. The van der Waals surface area contributed by atoms with Gasteiger partial charge in [0, 0.05) is 23.1 Å². The van der Waals surface area contributed by atoms with E-state index >= 15 is 4.39 Å². The minimum absolute atomic E-state index is 0.361. The van der Waals surface area contributed by atoms with Crippen molar-refractivity contribution in [2.24, 2.45) is 7.05 Å². The Hall–Kier alpha value is -4.06. The number of benzene rings is 3. The third-order valence-electron chi connectivity index (χ3n) is 5.94. The second-order valence-electron chi connectivity index (χ2n) is 7.75. The zero-order valence-corrected chi connectivity index (χ0v) is 17.3. The van der Waals surface area contributed by atoms with Gasteiger partial charge < -0.3 is 9.47 Å². The summed E-state index contributed by atoms with van der Waals surface area (Å²) in [5, 5.41) is 1.94. The van der Waals surface area contributed by atoms with Crippen molar-refractivity contribution in [2.45, 2.75) is 0 Å². The fraction of sp³-hybridized carbons (Fsp3) is 0.0769. The van der Waals surface area contributed by atoms with Gasteiger partial charge in [0.2, 0.25) is 17.1 Å². The van der Waals surface area contributed by atoms with Crippen LogP contribution in [0.5, 0.6) is 17.4 Å². The lowest BCUT2D eigenvalue weighted by molar-refractivity contribution is -0.632. The van der Waals surface area contributed by atoms with Gasteiger partial charge in [-0.05, 0) is 36.4 Å². The van der Waals surface area contributed by atoms with Gasteiger partial charge >= 0.3 is 0 Å². The van der Waals surface area contributed by atoms with Crippen LogP contribution in [0.15, 0.2) is 66.7 Å². The summed E-state index contributed by atoms with van der Waals surface area (Å²) in [6, 6.07) is 18.7. The van der Waals surface area contributed by atoms with Crippen molar-refractivity contribution in [2.75, 3.05) is 7.11 Å². The number of fused-ring (bicyclic) bond motifs is 4. The number of methoxy groups -OCH3 is 1. The molecule has 1 aliphatic heterocycles. The zero-order valence-electron chi connectivity index (χ0n) is 17.3. The lowest BCUT2D eigenvalue weighted by atomic mass is 9.95. The lowest BCUT2D eigenvalue weighted by Gasteiger charge is -2.20. The molecule has 2 aromatic heterocycles. The molecule has 0 radical (unpaired) electrons. The number of pyridine rings is 2. The molecule has 0 fully saturated rings. The first-order valence-electron chi connectivity index (χ1n) is 10.1. The summed E-state index contributed by atoms with van der Waals surface area (Å²) in [4.78, 5) is 4.45. The molecule has 0 N–H and O–H groups in total. The van der Waals surface area contributed by atoms with Gasteiger partial charge in [0.15, 0.2) is 0 Å². The summed E-state index contributed by atoms with van der Waals surface area (Å²) >= 11 is 0. The van der Waals surface area contributed by atoms with Crippen LogP contribution >= 0.6 is 0 Å². The van der Waals surface area contributed by atoms with E-state index < -0.39 is 0 Å². The minimum Gasteiger partial charge on any atom is -0.481 e. The summed E-state index contributed by atoms with van der Waals surface area (Å²) in [6.45, 7) is 0. The van der Waals surface area contributed by atoms with E-state index in [4.69, 9.17) is 9.47 Å². The fourth-order valence-electron chi connectivity index (χ4n) is 4.53. The largest absolute Gasteiger partial charge is 0.481 e. The third kappa shape index (κ3) is 2.59. The third-order valence-corrected chi connectivity index (χ3v) is 5.94. The van der Waals surface area contributed by atoms with Crippen LogP contribution in [0.25, 0.3) is 44.2 Å². The van der Waals surface area contributed by atoms with Gasteiger partial charge in [-0.25, -0.2) is 13.8 Å². The van der Waals surface area contributed by atoms with Gasteiger partial charge in [0.1, 0.15) is 30.2 Å². The molecule has 156 valence electrons. The molecule has 5 aromatic rings. The van der Waals surface area contributed by atoms with Crippen LogP contribution in [0, 0.1) is 11.6 Å². The lowest BCUT2D eigenvalue weighted by Crippen LogP contribution is -2.33. The number of halogens is 2. The molecular formula is C26H17F2N2O2+. The van der Waals surface area contributed by atoms with Crippen LogP contribution in [-0.2, 0) is 7.05 Å². The molecule has 3 aromatic carbocycles. The Bertz CT molecular complexity index is 1580. The van der Waals surface area contributed by atoms with Crippen molar-refractivity contribution in [3.8, 4) is 39.9 Å². The summed E-state index contributed by atoms with van der Waals surface area (Å²) < 4.78 is 42.9.